The number of hydrogen-bond donors (Lipinski definition) is 3. The fourth-order valence-corrected chi connectivity index (χ4v) is 1.25. The zero-order valence-corrected chi connectivity index (χ0v) is 9.74. The largest absolute Gasteiger partial charge is 0.384 e. The summed E-state index contributed by atoms with van der Waals surface area (Å²) in [4.78, 5) is 19.6. The molecule has 4 N–H and O–H groups in total. The molecule has 1 rings (SSSR count). The van der Waals surface area contributed by atoms with Crippen LogP contribution in [0.15, 0.2) is 6.07 Å². The molecular weight excluding hydrogens is 206 g/mol. The van der Waals surface area contributed by atoms with Crippen LogP contribution in [0.5, 0.6) is 0 Å². The number of rotatable bonds is 4. The van der Waals surface area contributed by atoms with Crippen molar-refractivity contribution in [3.8, 4) is 0 Å². The maximum atomic E-state index is 11.3. The molecular formula is C10H17N5O. The molecule has 0 saturated carbocycles. The smallest absolute Gasteiger partial charge is 0.241 e. The minimum absolute atomic E-state index is 0.102. The lowest BCUT2D eigenvalue weighted by atomic mass is 10.3. The number of aromatic nitrogens is 2. The zero-order valence-electron chi connectivity index (χ0n) is 9.74. The van der Waals surface area contributed by atoms with Crippen molar-refractivity contribution in [3.05, 3.63) is 11.9 Å². The van der Waals surface area contributed by atoms with Crippen molar-refractivity contribution in [1.29, 1.82) is 0 Å². The van der Waals surface area contributed by atoms with Crippen molar-refractivity contribution in [2.24, 2.45) is 0 Å². The molecule has 0 aliphatic rings. The van der Waals surface area contributed by atoms with Gasteiger partial charge < -0.3 is 16.4 Å². The molecule has 1 aromatic rings. The average molecular weight is 223 g/mol. The Morgan fingerprint density at radius 1 is 1.56 bits per heavy atom. The monoisotopic (exact) mass is 223 g/mol. The molecule has 0 aromatic carbocycles. The van der Waals surface area contributed by atoms with E-state index in [0.29, 0.717) is 23.9 Å². The Bertz CT molecular complexity index is 379. The van der Waals surface area contributed by atoms with E-state index in [1.807, 2.05) is 6.92 Å². The van der Waals surface area contributed by atoms with Crippen molar-refractivity contribution in [3.63, 3.8) is 0 Å². The lowest BCUT2D eigenvalue weighted by Crippen LogP contribution is -2.35. The number of carbonyl (C=O) groups excluding carboxylic acids is 1. The summed E-state index contributed by atoms with van der Waals surface area (Å²) in [6.45, 7) is 3.70. The normalized spacial score (nSPS) is 11.9. The number of anilines is 2. The second kappa shape index (κ2) is 5.29. The molecule has 6 heteroatoms. The Morgan fingerprint density at radius 3 is 2.81 bits per heavy atom. The van der Waals surface area contributed by atoms with Crippen molar-refractivity contribution in [2.45, 2.75) is 26.3 Å². The Balaban J connectivity index is 2.80. The van der Waals surface area contributed by atoms with Gasteiger partial charge in [-0.1, -0.05) is 6.92 Å². The van der Waals surface area contributed by atoms with Gasteiger partial charge in [0.25, 0.3) is 0 Å². The van der Waals surface area contributed by atoms with Gasteiger partial charge in [0.2, 0.25) is 5.91 Å². The van der Waals surface area contributed by atoms with Gasteiger partial charge in [-0.2, -0.15) is 0 Å². The fraction of sp³-hybridized carbons (Fsp3) is 0.500. The summed E-state index contributed by atoms with van der Waals surface area (Å²) in [7, 11) is 1.59. The van der Waals surface area contributed by atoms with Gasteiger partial charge in [0.1, 0.15) is 23.5 Å². The van der Waals surface area contributed by atoms with Crippen LogP contribution in [0.1, 0.15) is 19.7 Å². The predicted molar refractivity (Wildman–Crippen MR) is 63.0 cm³/mol. The fourth-order valence-electron chi connectivity index (χ4n) is 1.25. The molecule has 0 saturated heterocycles. The van der Waals surface area contributed by atoms with Crippen LogP contribution in [0.4, 0.5) is 11.6 Å². The van der Waals surface area contributed by atoms with E-state index in [2.05, 4.69) is 20.6 Å². The van der Waals surface area contributed by atoms with Gasteiger partial charge in [-0.3, -0.25) is 4.79 Å². The zero-order chi connectivity index (χ0) is 12.1. The molecule has 88 valence electrons. The van der Waals surface area contributed by atoms with E-state index in [1.54, 1.807) is 20.0 Å². The second-order valence-corrected chi connectivity index (χ2v) is 3.43. The molecule has 0 aliphatic heterocycles. The summed E-state index contributed by atoms with van der Waals surface area (Å²) in [6.07, 6.45) is 0.702. The molecule has 1 unspecified atom stereocenters. The number of likely N-dealkylation sites (N-methyl/N-ethyl adjacent to an activating group) is 1. The molecule has 1 aromatic heterocycles. The summed E-state index contributed by atoms with van der Waals surface area (Å²) in [5.74, 6) is 1.53. The average Bonchev–Trinajstić information content (AvgIpc) is 2.26. The number of nitrogen functional groups attached to an aromatic ring is 1. The summed E-state index contributed by atoms with van der Waals surface area (Å²) in [6, 6.07) is 1.25. The first-order valence-corrected chi connectivity index (χ1v) is 5.18. The molecule has 1 amide bonds. The highest BCUT2D eigenvalue weighted by molar-refractivity contribution is 5.83. The van der Waals surface area contributed by atoms with E-state index in [1.165, 1.54) is 0 Å². The second-order valence-electron chi connectivity index (χ2n) is 3.43. The van der Waals surface area contributed by atoms with E-state index in [-0.39, 0.29) is 11.9 Å². The van der Waals surface area contributed by atoms with Crippen molar-refractivity contribution in [1.82, 2.24) is 15.3 Å². The number of carbonyl (C=O) groups is 1. The van der Waals surface area contributed by atoms with Crippen LogP contribution >= 0.6 is 0 Å². The van der Waals surface area contributed by atoms with E-state index in [9.17, 15) is 4.79 Å². The van der Waals surface area contributed by atoms with Crippen LogP contribution in [0.3, 0.4) is 0 Å². The van der Waals surface area contributed by atoms with Gasteiger partial charge in [-0.05, 0) is 6.92 Å². The predicted octanol–water partition coefficient (Wildman–Crippen LogP) is 0.168. The maximum Gasteiger partial charge on any atom is 0.241 e. The number of aryl methyl sites for hydroxylation is 1. The van der Waals surface area contributed by atoms with Crippen molar-refractivity contribution < 1.29 is 4.79 Å². The van der Waals surface area contributed by atoms with Gasteiger partial charge >= 0.3 is 0 Å². The minimum atomic E-state index is -0.357. The molecule has 1 heterocycles. The van der Waals surface area contributed by atoms with Gasteiger partial charge in [0.05, 0.1) is 0 Å². The topological polar surface area (TPSA) is 92.9 Å². The summed E-state index contributed by atoms with van der Waals surface area (Å²) < 4.78 is 0. The summed E-state index contributed by atoms with van der Waals surface area (Å²) in [5.41, 5.74) is 5.63. The highest BCUT2D eigenvalue weighted by Crippen LogP contribution is 2.09. The highest BCUT2D eigenvalue weighted by Gasteiger charge is 2.11. The SMILES string of the molecule is CCc1nc(N)cc(NC(C)C(=O)NC)n1. The quantitative estimate of drug-likeness (QED) is 0.676. The highest BCUT2D eigenvalue weighted by atomic mass is 16.2. The molecule has 0 radical (unpaired) electrons. The van der Waals surface area contributed by atoms with Gasteiger partial charge in [0, 0.05) is 19.5 Å². The minimum Gasteiger partial charge on any atom is -0.384 e. The lowest BCUT2D eigenvalue weighted by Gasteiger charge is -2.13. The third kappa shape index (κ3) is 3.08. The first-order valence-electron chi connectivity index (χ1n) is 5.18. The van der Waals surface area contributed by atoms with E-state index in [4.69, 9.17) is 5.73 Å². The maximum absolute atomic E-state index is 11.3. The van der Waals surface area contributed by atoms with Crippen LogP contribution in [-0.2, 0) is 11.2 Å². The molecule has 0 aliphatic carbocycles. The molecule has 0 bridgehead atoms. The van der Waals surface area contributed by atoms with E-state index < -0.39 is 0 Å². The third-order valence-corrected chi connectivity index (χ3v) is 2.11. The number of hydrogen-bond acceptors (Lipinski definition) is 5. The summed E-state index contributed by atoms with van der Waals surface area (Å²) in [5, 5.41) is 5.52. The van der Waals surface area contributed by atoms with Crippen molar-refractivity contribution >= 4 is 17.5 Å². The van der Waals surface area contributed by atoms with Crippen LogP contribution in [-0.4, -0.2) is 29.0 Å². The molecule has 0 spiro atoms. The standard InChI is InChI=1S/C10H17N5O/c1-4-8-14-7(11)5-9(15-8)13-6(2)10(16)12-3/h5-6H,4H2,1-3H3,(H,12,16)(H3,11,13,14,15). The van der Waals surface area contributed by atoms with Gasteiger partial charge in [0.15, 0.2) is 0 Å². The third-order valence-electron chi connectivity index (χ3n) is 2.11. The number of nitrogens with two attached hydrogens (primary N) is 1. The van der Waals surface area contributed by atoms with E-state index in [0.717, 1.165) is 0 Å². The summed E-state index contributed by atoms with van der Waals surface area (Å²) >= 11 is 0. The first kappa shape index (κ1) is 12.2. The number of nitrogens with zero attached hydrogens (tertiary/aromatic N) is 2. The van der Waals surface area contributed by atoms with Crippen molar-refractivity contribution in [2.75, 3.05) is 18.1 Å². The Morgan fingerprint density at radius 2 is 2.25 bits per heavy atom. The molecule has 16 heavy (non-hydrogen) atoms. The molecule has 0 fully saturated rings. The number of amides is 1. The number of nitrogens with one attached hydrogen (secondary N) is 2. The van der Waals surface area contributed by atoms with Gasteiger partial charge in [-0.25, -0.2) is 9.97 Å². The molecule has 6 nitrogen and oxygen atoms in total. The van der Waals surface area contributed by atoms with E-state index >= 15 is 0 Å². The van der Waals surface area contributed by atoms with Gasteiger partial charge in [-0.15, -0.1) is 0 Å². The van der Waals surface area contributed by atoms with Crippen LogP contribution in [0.2, 0.25) is 0 Å². The van der Waals surface area contributed by atoms with Crippen LogP contribution in [0, 0.1) is 0 Å². The van der Waals surface area contributed by atoms with Crippen LogP contribution in [0.25, 0.3) is 0 Å². The Kier molecular flexibility index (Phi) is 4.04. The Labute approximate surface area is 94.7 Å². The Hall–Kier alpha value is -1.85. The first-order chi connectivity index (χ1) is 7.56. The lowest BCUT2D eigenvalue weighted by molar-refractivity contribution is -0.121. The molecule has 1 atom stereocenters. The van der Waals surface area contributed by atoms with Crippen LogP contribution < -0.4 is 16.4 Å².